The Labute approximate surface area is 196 Å². The molecule has 0 radical (unpaired) electrons. The molecular formula is C24H25N5O5. The molecule has 1 aliphatic heterocycles. The number of nitrogens with one attached hydrogen (secondary N) is 1. The molecule has 3 amide bonds. The number of rotatable bonds is 8. The van der Waals surface area contributed by atoms with Crippen molar-refractivity contribution in [2.75, 3.05) is 28.4 Å². The average molecular weight is 463 g/mol. The van der Waals surface area contributed by atoms with E-state index in [0.29, 0.717) is 30.4 Å². The zero-order chi connectivity index (χ0) is 24.2. The van der Waals surface area contributed by atoms with Crippen LogP contribution in [0.1, 0.15) is 16.8 Å². The Balaban J connectivity index is 1.67. The number of amidine groups is 1. The quantitative estimate of drug-likeness (QED) is 0.515. The Kier molecular flexibility index (Phi) is 6.48. The van der Waals surface area contributed by atoms with Gasteiger partial charge in [0.05, 0.1) is 33.6 Å². The van der Waals surface area contributed by atoms with Crippen molar-refractivity contribution in [2.24, 2.45) is 4.99 Å². The van der Waals surface area contributed by atoms with E-state index in [9.17, 15) is 9.59 Å². The highest BCUT2D eigenvalue weighted by molar-refractivity contribution is 6.47. The van der Waals surface area contributed by atoms with Gasteiger partial charge in [-0.05, 0) is 35.4 Å². The highest BCUT2D eigenvalue weighted by atomic mass is 16.5. The molecular weight excluding hydrogens is 438 g/mol. The molecule has 0 aliphatic carbocycles. The van der Waals surface area contributed by atoms with Crippen LogP contribution in [0.4, 0.5) is 10.7 Å². The minimum absolute atomic E-state index is 0.0632. The van der Waals surface area contributed by atoms with E-state index in [1.165, 1.54) is 7.05 Å². The van der Waals surface area contributed by atoms with Crippen LogP contribution >= 0.6 is 0 Å². The van der Waals surface area contributed by atoms with Gasteiger partial charge in [-0.15, -0.1) is 0 Å². The van der Waals surface area contributed by atoms with Gasteiger partial charge in [-0.25, -0.2) is 9.78 Å². The first-order chi connectivity index (χ1) is 16.4. The van der Waals surface area contributed by atoms with E-state index in [-0.39, 0.29) is 5.84 Å². The van der Waals surface area contributed by atoms with Gasteiger partial charge in [-0.2, -0.15) is 4.99 Å². The lowest BCUT2D eigenvalue weighted by Crippen LogP contribution is -2.25. The fraction of sp³-hybridized carbons (Fsp3) is 0.250. The van der Waals surface area contributed by atoms with E-state index in [4.69, 9.17) is 14.2 Å². The number of hydrogen-bond donors (Lipinski definition) is 1. The second-order valence-electron chi connectivity index (χ2n) is 7.63. The standard InChI is InChI=1S/C24H25N5O5/c1-28-22(30)21(27-24(28)31)26-23-25-17(11-16-7-10-19(33-3)20(12-16)34-4)14-29(23)13-15-5-8-18(32-2)9-6-15/h5-10,12,14H,11,13H2,1-4H3,(H,25,26,27,31). The number of carbonyl (C=O) groups is 2. The smallest absolute Gasteiger partial charge is 0.329 e. The Morgan fingerprint density at radius 3 is 2.26 bits per heavy atom. The van der Waals surface area contributed by atoms with Gasteiger partial charge in [0.15, 0.2) is 11.5 Å². The van der Waals surface area contributed by atoms with Gasteiger partial charge in [0.25, 0.3) is 5.91 Å². The van der Waals surface area contributed by atoms with Crippen molar-refractivity contribution < 1.29 is 23.8 Å². The molecule has 10 nitrogen and oxygen atoms in total. The van der Waals surface area contributed by atoms with Crippen molar-refractivity contribution in [3.8, 4) is 17.2 Å². The summed E-state index contributed by atoms with van der Waals surface area (Å²) in [7, 11) is 6.18. The highest BCUT2D eigenvalue weighted by Crippen LogP contribution is 2.29. The number of methoxy groups -OCH3 is 3. The molecule has 3 aromatic rings. The monoisotopic (exact) mass is 463 g/mol. The van der Waals surface area contributed by atoms with Crippen molar-refractivity contribution in [3.63, 3.8) is 0 Å². The summed E-state index contributed by atoms with van der Waals surface area (Å²) in [6, 6.07) is 12.8. The maximum atomic E-state index is 12.3. The van der Waals surface area contributed by atoms with E-state index < -0.39 is 11.9 Å². The number of imide groups is 1. The lowest BCUT2D eigenvalue weighted by atomic mass is 10.1. The van der Waals surface area contributed by atoms with Crippen LogP contribution in [0.15, 0.2) is 53.7 Å². The van der Waals surface area contributed by atoms with E-state index in [2.05, 4.69) is 15.3 Å². The number of nitrogens with zero attached hydrogens (tertiary/aromatic N) is 4. The van der Waals surface area contributed by atoms with Crippen LogP contribution in [0.5, 0.6) is 17.2 Å². The molecule has 34 heavy (non-hydrogen) atoms. The molecule has 176 valence electrons. The molecule has 1 aromatic heterocycles. The third-order valence-corrected chi connectivity index (χ3v) is 5.40. The third-order valence-electron chi connectivity index (χ3n) is 5.40. The van der Waals surface area contributed by atoms with Crippen molar-refractivity contribution in [3.05, 3.63) is 65.5 Å². The van der Waals surface area contributed by atoms with Crippen LogP contribution in [-0.2, 0) is 17.8 Å². The molecule has 0 atom stereocenters. The fourth-order valence-electron chi connectivity index (χ4n) is 3.54. The van der Waals surface area contributed by atoms with Crippen molar-refractivity contribution in [2.45, 2.75) is 13.0 Å². The Morgan fingerprint density at radius 2 is 1.65 bits per heavy atom. The summed E-state index contributed by atoms with van der Waals surface area (Å²) in [5.41, 5.74) is 2.71. The SMILES string of the molecule is COc1ccc(Cn2cc(Cc3ccc(OC)c(OC)c3)nc2/N=C2/NC(=O)N(C)C2=O)cc1. The number of amides is 3. The molecule has 1 fully saturated rings. The first-order valence-corrected chi connectivity index (χ1v) is 10.5. The summed E-state index contributed by atoms with van der Waals surface area (Å²) < 4.78 is 17.8. The first kappa shape index (κ1) is 22.8. The first-order valence-electron chi connectivity index (χ1n) is 10.5. The molecule has 1 N–H and O–H groups in total. The number of hydrogen-bond acceptors (Lipinski definition) is 7. The molecule has 0 spiro atoms. The van der Waals surface area contributed by atoms with E-state index in [0.717, 1.165) is 27.5 Å². The maximum Gasteiger partial charge on any atom is 0.329 e. The zero-order valence-corrected chi connectivity index (χ0v) is 19.4. The summed E-state index contributed by atoms with van der Waals surface area (Å²) >= 11 is 0. The van der Waals surface area contributed by atoms with Crippen LogP contribution in [0, 0.1) is 0 Å². The van der Waals surface area contributed by atoms with Crippen LogP contribution in [0.25, 0.3) is 0 Å². The van der Waals surface area contributed by atoms with Crippen LogP contribution in [-0.4, -0.2) is 60.6 Å². The number of ether oxygens (including phenoxy) is 3. The normalized spacial score (nSPS) is 14.5. The number of likely N-dealkylation sites (N-methyl/N-ethyl adjacent to an activating group) is 1. The zero-order valence-electron chi connectivity index (χ0n) is 19.4. The van der Waals surface area contributed by atoms with E-state index in [1.54, 1.807) is 21.3 Å². The molecule has 2 aromatic carbocycles. The van der Waals surface area contributed by atoms with Gasteiger partial charge in [-0.3, -0.25) is 15.0 Å². The lowest BCUT2D eigenvalue weighted by Gasteiger charge is -2.08. The maximum absolute atomic E-state index is 12.3. The predicted octanol–water partition coefficient (Wildman–Crippen LogP) is 2.76. The molecule has 2 heterocycles. The summed E-state index contributed by atoms with van der Waals surface area (Å²) in [6.07, 6.45) is 2.39. The molecule has 10 heteroatoms. The number of aliphatic imine (C=N–C) groups is 1. The van der Waals surface area contributed by atoms with Crippen molar-refractivity contribution in [1.29, 1.82) is 0 Å². The Morgan fingerprint density at radius 1 is 0.941 bits per heavy atom. The van der Waals surface area contributed by atoms with E-state index >= 15 is 0 Å². The van der Waals surface area contributed by atoms with Crippen molar-refractivity contribution >= 4 is 23.7 Å². The van der Waals surface area contributed by atoms with Gasteiger partial charge in [0, 0.05) is 19.7 Å². The topological polar surface area (TPSA) is 107 Å². The summed E-state index contributed by atoms with van der Waals surface area (Å²) in [5, 5.41) is 2.48. The molecule has 1 saturated heterocycles. The minimum Gasteiger partial charge on any atom is -0.497 e. The van der Waals surface area contributed by atoms with Crippen LogP contribution < -0.4 is 19.5 Å². The second-order valence-corrected chi connectivity index (χ2v) is 7.63. The Hall–Kier alpha value is -4.34. The van der Waals surface area contributed by atoms with Crippen molar-refractivity contribution in [1.82, 2.24) is 19.8 Å². The summed E-state index contributed by atoms with van der Waals surface area (Å²) in [6.45, 7) is 0.465. The third kappa shape index (κ3) is 4.70. The average Bonchev–Trinajstić information content (AvgIpc) is 3.33. The number of urea groups is 1. The number of aromatic nitrogens is 2. The fourth-order valence-corrected chi connectivity index (χ4v) is 3.54. The molecule has 0 bridgehead atoms. The lowest BCUT2D eigenvalue weighted by molar-refractivity contribution is -0.119. The minimum atomic E-state index is -0.525. The van der Waals surface area contributed by atoms with Gasteiger partial charge >= 0.3 is 6.03 Å². The largest absolute Gasteiger partial charge is 0.497 e. The van der Waals surface area contributed by atoms with Crippen LogP contribution in [0.3, 0.4) is 0 Å². The Bertz CT molecular complexity index is 1250. The van der Waals surface area contributed by atoms with E-state index in [1.807, 2.05) is 53.2 Å². The molecule has 0 unspecified atom stereocenters. The van der Waals surface area contributed by atoms with Gasteiger partial charge in [0.2, 0.25) is 11.8 Å². The molecule has 0 saturated carbocycles. The number of carbonyl (C=O) groups excluding carboxylic acids is 2. The van der Waals surface area contributed by atoms with Gasteiger partial charge in [0.1, 0.15) is 5.75 Å². The second kappa shape index (κ2) is 9.65. The summed E-state index contributed by atoms with van der Waals surface area (Å²) in [4.78, 5) is 34.1. The number of imidazole rings is 1. The van der Waals surface area contributed by atoms with Gasteiger partial charge in [-0.1, -0.05) is 18.2 Å². The van der Waals surface area contributed by atoms with Gasteiger partial charge < -0.3 is 18.8 Å². The summed E-state index contributed by atoms with van der Waals surface area (Å²) in [5.74, 6) is 1.76. The molecule has 4 rings (SSSR count). The highest BCUT2D eigenvalue weighted by Gasteiger charge is 2.32. The predicted molar refractivity (Wildman–Crippen MR) is 125 cm³/mol. The number of benzene rings is 2. The molecule has 1 aliphatic rings. The van der Waals surface area contributed by atoms with Crippen LogP contribution in [0.2, 0.25) is 0 Å².